The van der Waals surface area contributed by atoms with Gasteiger partial charge in [0, 0.05) is 13.1 Å². The summed E-state index contributed by atoms with van der Waals surface area (Å²) >= 11 is 0. The van der Waals surface area contributed by atoms with Gasteiger partial charge in [-0.2, -0.15) is 0 Å². The summed E-state index contributed by atoms with van der Waals surface area (Å²) in [7, 11) is 3.48. The Hall–Kier alpha value is -1.62. The number of piperidine rings is 1. The van der Waals surface area contributed by atoms with Crippen LogP contribution >= 0.6 is 0 Å². The molecule has 5 nitrogen and oxygen atoms in total. The quantitative estimate of drug-likeness (QED) is 0.852. The highest BCUT2D eigenvalue weighted by Gasteiger charge is 2.21. The maximum Gasteiger partial charge on any atom is 0.339 e. The summed E-state index contributed by atoms with van der Waals surface area (Å²) in [5, 5.41) is 3.37. The van der Waals surface area contributed by atoms with Gasteiger partial charge in [0.25, 0.3) is 0 Å². The second-order valence-electron chi connectivity index (χ2n) is 5.34. The minimum atomic E-state index is -0.316. The van der Waals surface area contributed by atoms with Gasteiger partial charge in [-0.1, -0.05) is 0 Å². The Morgan fingerprint density at radius 3 is 2.60 bits per heavy atom. The molecule has 1 aromatic heterocycles. The predicted molar refractivity (Wildman–Crippen MR) is 79.3 cm³/mol. The van der Waals surface area contributed by atoms with E-state index in [1.165, 1.54) is 7.11 Å². The number of nitrogens with zero attached hydrogens (tertiary/aromatic N) is 2. The van der Waals surface area contributed by atoms with Crippen LogP contribution in [-0.4, -0.2) is 44.2 Å². The van der Waals surface area contributed by atoms with Crippen molar-refractivity contribution >= 4 is 11.8 Å². The number of methoxy groups -OCH3 is 1. The first kappa shape index (κ1) is 14.8. The Bertz CT molecular complexity index is 473. The maximum absolute atomic E-state index is 11.8. The molecule has 1 N–H and O–H groups in total. The van der Waals surface area contributed by atoms with Crippen molar-refractivity contribution in [3.8, 4) is 0 Å². The number of carbonyl (C=O) groups is 1. The van der Waals surface area contributed by atoms with Gasteiger partial charge in [-0.05, 0) is 51.4 Å². The molecule has 110 valence electrons. The molecule has 0 unspecified atom stereocenters. The van der Waals surface area contributed by atoms with Crippen molar-refractivity contribution in [3.05, 3.63) is 22.9 Å². The number of aryl methyl sites for hydroxylation is 2. The number of rotatable bonds is 3. The van der Waals surface area contributed by atoms with Gasteiger partial charge in [-0.15, -0.1) is 0 Å². The molecule has 1 aliphatic rings. The molecule has 0 amide bonds. The average Bonchev–Trinajstić information content (AvgIpc) is 2.46. The topological polar surface area (TPSA) is 54.5 Å². The fraction of sp³-hybridized carbons (Fsp3) is 0.600. The molecule has 0 bridgehead atoms. The van der Waals surface area contributed by atoms with Crippen LogP contribution in [0.1, 0.15) is 34.5 Å². The highest BCUT2D eigenvalue weighted by Crippen LogP contribution is 2.23. The van der Waals surface area contributed by atoms with Crippen molar-refractivity contribution in [2.75, 3.05) is 32.1 Å². The summed E-state index contributed by atoms with van der Waals surface area (Å²) in [6.07, 6.45) is 2.24. The van der Waals surface area contributed by atoms with Crippen LogP contribution in [0.15, 0.2) is 6.07 Å². The van der Waals surface area contributed by atoms with E-state index in [1.54, 1.807) is 0 Å². The zero-order valence-corrected chi connectivity index (χ0v) is 12.7. The Morgan fingerprint density at radius 2 is 2.05 bits per heavy atom. The number of ether oxygens (including phenoxy) is 1. The van der Waals surface area contributed by atoms with Crippen LogP contribution in [0.3, 0.4) is 0 Å². The third kappa shape index (κ3) is 2.93. The van der Waals surface area contributed by atoms with Crippen molar-refractivity contribution in [1.82, 2.24) is 10.3 Å². The Labute approximate surface area is 120 Å². The molecule has 0 aromatic carbocycles. The summed E-state index contributed by atoms with van der Waals surface area (Å²) in [5.74, 6) is 0.614. The molecule has 1 fully saturated rings. The first-order valence-corrected chi connectivity index (χ1v) is 7.04. The maximum atomic E-state index is 11.8. The molecule has 1 aromatic rings. The highest BCUT2D eigenvalue weighted by molar-refractivity contribution is 5.92. The highest BCUT2D eigenvalue weighted by atomic mass is 16.5. The molecule has 2 heterocycles. The lowest BCUT2D eigenvalue weighted by atomic mass is 10.0. The standard InChI is InChI=1S/C15H23N3O2/c1-10-9-13(17-11(2)14(10)15(19)20-4)18(3)12-5-7-16-8-6-12/h9,12,16H,5-8H2,1-4H3. The monoisotopic (exact) mass is 277 g/mol. The number of hydrogen-bond donors (Lipinski definition) is 1. The third-order valence-electron chi connectivity index (χ3n) is 3.99. The normalized spacial score (nSPS) is 16.0. The second-order valence-corrected chi connectivity index (χ2v) is 5.34. The molecular formula is C15H23N3O2. The molecule has 1 aliphatic heterocycles. The van der Waals surface area contributed by atoms with E-state index in [1.807, 2.05) is 19.9 Å². The van der Waals surface area contributed by atoms with E-state index in [9.17, 15) is 4.79 Å². The van der Waals surface area contributed by atoms with E-state index in [0.717, 1.165) is 43.0 Å². The van der Waals surface area contributed by atoms with Crippen LogP contribution in [0.2, 0.25) is 0 Å². The van der Waals surface area contributed by atoms with Gasteiger partial charge in [0.05, 0.1) is 18.4 Å². The van der Waals surface area contributed by atoms with Crippen LogP contribution < -0.4 is 10.2 Å². The molecule has 20 heavy (non-hydrogen) atoms. The lowest BCUT2D eigenvalue weighted by Crippen LogP contribution is -2.41. The zero-order chi connectivity index (χ0) is 14.7. The molecule has 0 atom stereocenters. The molecule has 2 rings (SSSR count). The fourth-order valence-corrected chi connectivity index (χ4v) is 2.78. The fourth-order valence-electron chi connectivity index (χ4n) is 2.78. The Morgan fingerprint density at radius 1 is 1.40 bits per heavy atom. The molecule has 0 aliphatic carbocycles. The summed E-state index contributed by atoms with van der Waals surface area (Å²) in [6, 6.07) is 2.48. The van der Waals surface area contributed by atoms with E-state index in [0.29, 0.717) is 11.6 Å². The summed E-state index contributed by atoms with van der Waals surface area (Å²) in [6.45, 7) is 5.89. The van der Waals surface area contributed by atoms with Gasteiger partial charge < -0.3 is 15.0 Å². The Kier molecular flexibility index (Phi) is 4.60. The van der Waals surface area contributed by atoms with Gasteiger partial charge in [-0.3, -0.25) is 0 Å². The smallest absolute Gasteiger partial charge is 0.339 e. The molecule has 0 saturated carbocycles. The zero-order valence-electron chi connectivity index (χ0n) is 12.7. The summed E-state index contributed by atoms with van der Waals surface area (Å²) < 4.78 is 4.81. The largest absolute Gasteiger partial charge is 0.465 e. The van der Waals surface area contributed by atoms with E-state index >= 15 is 0 Å². The van der Waals surface area contributed by atoms with E-state index < -0.39 is 0 Å². The van der Waals surface area contributed by atoms with Gasteiger partial charge in [0.2, 0.25) is 0 Å². The number of aromatic nitrogens is 1. The van der Waals surface area contributed by atoms with Crippen LogP contribution in [0, 0.1) is 13.8 Å². The van der Waals surface area contributed by atoms with Crippen LogP contribution in [0.4, 0.5) is 5.82 Å². The number of nitrogens with one attached hydrogen (secondary N) is 1. The number of anilines is 1. The minimum Gasteiger partial charge on any atom is -0.465 e. The average molecular weight is 277 g/mol. The molecule has 0 spiro atoms. The van der Waals surface area contributed by atoms with Crippen molar-refractivity contribution in [2.24, 2.45) is 0 Å². The number of carbonyl (C=O) groups excluding carboxylic acids is 1. The number of pyridine rings is 1. The van der Waals surface area contributed by atoms with E-state index in [4.69, 9.17) is 4.74 Å². The van der Waals surface area contributed by atoms with Crippen LogP contribution in [-0.2, 0) is 4.74 Å². The lowest BCUT2D eigenvalue weighted by molar-refractivity contribution is 0.0598. The van der Waals surface area contributed by atoms with E-state index in [2.05, 4.69) is 22.2 Å². The van der Waals surface area contributed by atoms with Gasteiger partial charge >= 0.3 is 5.97 Å². The number of hydrogen-bond acceptors (Lipinski definition) is 5. The summed E-state index contributed by atoms with van der Waals surface area (Å²) in [5.41, 5.74) is 2.22. The number of esters is 1. The Balaban J connectivity index is 2.27. The van der Waals surface area contributed by atoms with E-state index in [-0.39, 0.29) is 5.97 Å². The first-order valence-electron chi connectivity index (χ1n) is 7.04. The summed E-state index contributed by atoms with van der Waals surface area (Å²) in [4.78, 5) is 18.6. The lowest BCUT2D eigenvalue weighted by Gasteiger charge is -2.33. The van der Waals surface area contributed by atoms with Crippen LogP contribution in [0.25, 0.3) is 0 Å². The van der Waals surface area contributed by atoms with Crippen molar-refractivity contribution in [2.45, 2.75) is 32.7 Å². The molecular weight excluding hydrogens is 254 g/mol. The minimum absolute atomic E-state index is 0.316. The van der Waals surface area contributed by atoms with Gasteiger partial charge in [-0.25, -0.2) is 9.78 Å². The first-order chi connectivity index (χ1) is 9.54. The van der Waals surface area contributed by atoms with Crippen LogP contribution in [0.5, 0.6) is 0 Å². The second kappa shape index (κ2) is 6.22. The predicted octanol–water partition coefficient (Wildman–Crippen LogP) is 1.67. The third-order valence-corrected chi connectivity index (χ3v) is 3.99. The van der Waals surface area contributed by atoms with Crippen molar-refractivity contribution in [3.63, 3.8) is 0 Å². The SMILES string of the molecule is COC(=O)c1c(C)cc(N(C)C2CCNCC2)nc1C. The molecule has 1 saturated heterocycles. The van der Waals surface area contributed by atoms with Crippen molar-refractivity contribution in [1.29, 1.82) is 0 Å². The molecule has 5 heteroatoms. The van der Waals surface area contributed by atoms with Crippen molar-refractivity contribution < 1.29 is 9.53 Å². The van der Waals surface area contributed by atoms with Gasteiger partial charge in [0.15, 0.2) is 0 Å². The molecule has 0 radical (unpaired) electrons. The van der Waals surface area contributed by atoms with Gasteiger partial charge in [0.1, 0.15) is 5.82 Å².